The molecule has 118 valence electrons. The van der Waals surface area contributed by atoms with Gasteiger partial charge in [-0.1, -0.05) is 35.2 Å². The molecule has 1 fully saturated rings. The average molecular weight is 375 g/mol. The third-order valence-electron chi connectivity index (χ3n) is 3.95. The van der Waals surface area contributed by atoms with E-state index >= 15 is 0 Å². The third kappa shape index (κ3) is 4.28. The van der Waals surface area contributed by atoms with Crippen molar-refractivity contribution < 1.29 is 8.42 Å². The van der Waals surface area contributed by atoms with Gasteiger partial charge >= 0.3 is 0 Å². The van der Waals surface area contributed by atoms with E-state index in [1.54, 1.807) is 6.07 Å². The van der Waals surface area contributed by atoms with Crippen molar-refractivity contribution in [1.82, 2.24) is 10.0 Å². The summed E-state index contributed by atoms with van der Waals surface area (Å²) in [5.74, 6) is 0. The average Bonchev–Trinajstić information content (AvgIpc) is 2.43. The van der Waals surface area contributed by atoms with Crippen LogP contribution in [-0.2, 0) is 16.6 Å². The first-order valence-corrected chi connectivity index (χ1v) is 9.67. The zero-order chi connectivity index (χ0) is 15.5. The Balaban J connectivity index is 2.29. The number of sulfonamides is 1. The quantitative estimate of drug-likeness (QED) is 0.832. The molecular weight excluding hydrogens is 352 g/mol. The zero-order valence-electron chi connectivity index (χ0n) is 12.6. The Labute approximate surface area is 135 Å². The molecule has 1 saturated carbocycles. The normalized spacial score (nSPS) is 17.1. The lowest BCUT2D eigenvalue weighted by Gasteiger charge is -2.23. The van der Waals surface area contributed by atoms with E-state index in [2.05, 4.69) is 26.0 Å². The van der Waals surface area contributed by atoms with Crippen molar-refractivity contribution in [3.63, 3.8) is 0 Å². The fourth-order valence-corrected chi connectivity index (χ4v) is 5.06. The molecule has 2 N–H and O–H groups in total. The predicted molar refractivity (Wildman–Crippen MR) is 88.8 cm³/mol. The summed E-state index contributed by atoms with van der Waals surface area (Å²) in [6, 6.07) is 3.81. The second kappa shape index (κ2) is 7.22. The third-order valence-corrected chi connectivity index (χ3v) is 6.42. The van der Waals surface area contributed by atoms with Crippen LogP contribution in [0.5, 0.6) is 0 Å². The van der Waals surface area contributed by atoms with Crippen molar-refractivity contribution in [1.29, 1.82) is 0 Å². The van der Waals surface area contributed by atoms with Crippen LogP contribution in [0, 0.1) is 6.92 Å². The summed E-state index contributed by atoms with van der Waals surface area (Å²) in [5, 5.41) is 3.05. The number of halogens is 1. The van der Waals surface area contributed by atoms with Gasteiger partial charge in [-0.3, -0.25) is 0 Å². The molecule has 1 aliphatic carbocycles. The van der Waals surface area contributed by atoms with E-state index in [4.69, 9.17) is 0 Å². The molecule has 4 nitrogen and oxygen atoms in total. The first kappa shape index (κ1) is 16.9. The molecule has 0 spiro atoms. The van der Waals surface area contributed by atoms with Gasteiger partial charge in [-0.15, -0.1) is 0 Å². The van der Waals surface area contributed by atoms with Crippen LogP contribution in [0.3, 0.4) is 0 Å². The minimum atomic E-state index is -3.46. The van der Waals surface area contributed by atoms with Gasteiger partial charge in [-0.05, 0) is 50.1 Å². The molecule has 0 radical (unpaired) electrons. The van der Waals surface area contributed by atoms with Crippen LogP contribution in [0.2, 0.25) is 0 Å². The van der Waals surface area contributed by atoms with E-state index in [0.717, 1.165) is 41.3 Å². The SMILES string of the molecule is CNCc1cc(Br)c(C)c(S(=O)(=O)NC2CCCCC2)c1. The van der Waals surface area contributed by atoms with Crippen LogP contribution in [0.15, 0.2) is 21.5 Å². The van der Waals surface area contributed by atoms with Gasteiger partial charge in [0, 0.05) is 17.1 Å². The molecule has 2 rings (SSSR count). The number of benzene rings is 1. The van der Waals surface area contributed by atoms with Gasteiger partial charge in [0.05, 0.1) is 4.90 Å². The lowest BCUT2D eigenvalue weighted by molar-refractivity contribution is 0.412. The standard InChI is InChI=1S/C15H23BrN2O2S/c1-11-14(16)8-12(10-17-2)9-15(11)21(19,20)18-13-6-4-3-5-7-13/h8-9,13,17-18H,3-7,10H2,1-2H3. The molecule has 0 atom stereocenters. The van der Waals surface area contributed by atoms with Crippen molar-refractivity contribution in [2.24, 2.45) is 0 Å². The van der Waals surface area contributed by atoms with Gasteiger partial charge in [-0.2, -0.15) is 0 Å². The van der Waals surface area contributed by atoms with Gasteiger partial charge in [0.15, 0.2) is 0 Å². The molecule has 1 aromatic carbocycles. The minimum Gasteiger partial charge on any atom is -0.316 e. The highest BCUT2D eigenvalue weighted by atomic mass is 79.9. The summed E-state index contributed by atoms with van der Waals surface area (Å²) in [5.41, 5.74) is 1.72. The molecule has 1 aliphatic rings. The maximum absolute atomic E-state index is 12.7. The Morgan fingerprint density at radius 2 is 1.90 bits per heavy atom. The number of hydrogen-bond donors (Lipinski definition) is 2. The Morgan fingerprint density at radius 1 is 1.24 bits per heavy atom. The first-order valence-electron chi connectivity index (χ1n) is 7.40. The van der Waals surface area contributed by atoms with E-state index in [9.17, 15) is 8.42 Å². The first-order chi connectivity index (χ1) is 9.94. The van der Waals surface area contributed by atoms with E-state index in [0.29, 0.717) is 11.4 Å². The van der Waals surface area contributed by atoms with Crippen LogP contribution >= 0.6 is 15.9 Å². The lowest BCUT2D eigenvalue weighted by atomic mass is 9.96. The highest BCUT2D eigenvalue weighted by Gasteiger charge is 2.24. The summed E-state index contributed by atoms with van der Waals surface area (Å²) in [6.45, 7) is 2.48. The van der Waals surface area contributed by atoms with Crippen LogP contribution in [0.1, 0.15) is 43.2 Å². The highest BCUT2D eigenvalue weighted by Crippen LogP contribution is 2.27. The van der Waals surface area contributed by atoms with Gasteiger partial charge < -0.3 is 5.32 Å². The Bertz CT molecular complexity index is 596. The Morgan fingerprint density at radius 3 is 2.52 bits per heavy atom. The molecule has 1 aromatic rings. The second-order valence-electron chi connectivity index (χ2n) is 5.69. The van der Waals surface area contributed by atoms with Crippen LogP contribution < -0.4 is 10.0 Å². The lowest BCUT2D eigenvalue weighted by Crippen LogP contribution is -2.36. The summed E-state index contributed by atoms with van der Waals surface area (Å²) >= 11 is 3.46. The van der Waals surface area contributed by atoms with Crippen LogP contribution in [-0.4, -0.2) is 21.5 Å². The molecule has 0 heterocycles. The molecular formula is C15H23BrN2O2S. The molecule has 0 bridgehead atoms. The molecule has 0 unspecified atom stereocenters. The molecule has 0 saturated heterocycles. The van der Waals surface area contributed by atoms with Crippen molar-refractivity contribution in [2.75, 3.05) is 7.05 Å². The second-order valence-corrected chi connectivity index (χ2v) is 8.22. The van der Waals surface area contributed by atoms with Crippen molar-refractivity contribution in [3.8, 4) is 0 Å². The summed E-state index contributed by atoms with van der Waals surface area (Å²) in [7, 11) is -1.61. The zero-order valence-corrected chi connectivity index (χ0v) is 15.0. The van der Waals surface area contributed by atoms with Gasteiger partial charge in [-0.25, -0.2) is 13.1 Å². The van der Waals surface area contributed by atoms with Crippen LogP contribution in [0.4, 0.5) is 0 Å². The topological polar surface area (TPSA) is 58.2 Å². The number of hydrogen-bond acceptors (Lipinski definition) is 3. The van der Waals surface area contributed by atoms with Crippen molar-refractivity contribution >= 4 is 26.0 Å². The Hall–Kier alpha value is -0.430. The van der Waals surface area contributed by atoms with E-state index in [1.807, 2.05) is 20.0 Å². The number of nitrogens with one attached hydrogen (secondary N) is 2. The van der Waals surface area contributed by atoms with Gasteiger partial charge in [0.1, 0.15) is 0 Å². The maximum Gasteiger partial charge on any atom is 0.241 e. The summed E-state index contributed by atoms with van der Waals surface area (Å²) in [6.07, 6.45) is 5.30. The summed E-state index contributed by atoms with van der Waals surface area (Å²) < 4.78 is 29.1. The van der Waals surface area contributed by atoms with Crippen LogP contribution in [0.25, 0.3) is 0 Å². The minimum absolute atomic E-state index is 0.0786. The fourth-order valence-electron chi connectivity index (χ4n) is 2.80. The molecule has 21 heavy (non-hydrogen) atoms. The van der Waals surface area contributed by atoms with E-state index in [1.165, 1.54) is 6.42 Å². The molecule has 0 aromatic heterocycles. The van der Waals surface area contributed by atoms with Crippen molar-refractivity contribution in [2.45, 2.75) is 56.5 Å². The largest absolute Gasteiger partial charge is 0.316 e. The monoisotopic (exact) mass is 374 g/mol. The molecule has 0 aliphatic heterocycles. The molecule has 0 amide bonds. The predicted octanol–water partition coefficient (Wildman–Crippen LogP) is 3.09. The number of rotatable bonds is 5. The van der Waals surface area contributed by atoms with E-state index in [-0.39, 0.29) is 6.04 Å². The Kier molecular flexibility index (Phi) is 5.82. The summed E-state index contributed by atoms with van der Waals surface area (Å²) in [4.78, 5) is 0.382. The highest BCUT2D eigenvalue weighted by molar-refractivity contribution is 9.10. The fraction of sp³-hybridized carbons (Fsp3) is 0.600. The molecule has 6 heteroatoms. The smallest absolute Gasteiger partial charge is 0.241 e. The van der Waals surface area contributed by atoms with Gasteiger partial charge in [0.2, 0.25) is 10.0 Å². The van der Waals surface area contributed by atoms with Gasteiger partial charge in [0.25, 0.3) is 0 Å². The maximum atomic E-state index is 12.7. The van der Waals surface area contributed by atoms with E-state index < -0.39 is 10.0 Å². The van der Waals surface area contributed by atoms with Crippen molar-refractivity contribution in [3.05, 3.63) is 27.7 Å².